The molecule has 0 aliphatic carbocycles. The first-order valence-corrected chi connectivity index (χ1v) is 16.2. The average molecular weight is 729 g/mol. The molecule has 0 fully saturated rings. The van der Waals surface area contributed by atoms with Crippen molar-refractivity contribution in [3.63, 3.8) is 0 Å². The first kappa shape index (κ1) is 35.5. The van der Waals surface area contributed by atoms with Gasteiger partial charge in [0.05, 0.1) is 42.1 Å². The number of nitrogens with one attached hydrogen (secondary N) is 4. The molecule has 6 rings (SSSR count). The minimum atomic E-state index is -0.990. The maximum atomic E-state index is 14.5. The molecule has 16 heteroatoms. The van der Waals surface area contributed by atoms with Gasteiger partial charge in [-0.1, -0.05) is 35.9 Å². The molecule has 0 saturated heterocycles. The quantitative estimate of drug-likeness (QED) is 0.0661. The molecule has 0 unspecified atom stereocenters. The number of fused-ring (bicyclic) bond motifs is 2. The summed E-state index contributed by atoms with van der Waals surface area (Å²) in [6.07, 6.45) is 1.35. The van der Waals surface area contributed by atoms with Crippen molar-refractivity contribution in [2.24, 2.45) is 0 Å². The summed E-state index contributed by atoms with van der Waals surface area (Å²) in [5, 5.41) is 11.0. The summed E-state index contributed by atoms with van der Waals surface area (Å²) >= 11 is 5.92. The van der Waals surface area contributed by atoms with Gasteiger partial charge < -0.3 is 34.9 Å². The third-order valence-corrected chi connectivity index (χ3v) is 7.95. The summed E-state index contributed by atoms with van der Waals surface area (Å²) in [5.41, 5.74) is 1.35. The number of hydrogen-bond acceptors (Lipinski definition) is 11. The van der Waals surface area contributed by atoms with E-state index in [0.29, 0.717) is 39.5 Å². The van der Waals surface area contributed by atoms with Crippen molar-refractivity contribution >= 4 is 57.6 Å². The van der Waals surface area contributed by atoms with E-state index in [2.05, 4.69) is 25.9 Å². The number of anilines is 2. The summed E-state index contributed by atoms with van der Waals surface area (Å²) in [7, 11) is 1.50. The van der Waals surface area contributed by atoms with Gasteiger partial charge in [-0.05, 0) is 48.0 Å². The van der Waals surface area contributed by atoms with Crippen molar-refractivity contribution in [2.75, 3.05) is 38.8 Å². The molecule has 4 aromatic carbocycles. The molecule has 0 saturated carbocycles. The molecule has 1 aliphatic heterocycles. The van der Waals surface area contributed by atoms with Gasteiger partial charge in [0.1, 0.15) is 30.3 Å². The van der Waals surface area contributed by atoms with E-state index in [9.17, 15) is 23.6 Å². The zero-order valence-corrected chi connectivity index (χ0v) is 28.2. The molecule has 52 heavy (non-hydrogen) atoms. The van der Waals surface area contributed by atoms with Gasteiger partial charge in [0.15, 0.2) is 17.3 Å². The van der Waals surface area contributed by atoms with Crippen LogP contribution in [0.4, 0.5) is 20.7 Å². The topological polar surface area (TPSA) is 179 Å². The lowest BCUT2D eigenvalue weighted by Crippen LogP contribution is -2.42. The number of nitrogens with zero attached hydrogens (tertiary/aromatic N) is 2. The molecule has 0 spiro atoms. The zero-order chi connectivity index (χ0) is 36.6. The summed E-state index contributed by atoms with van der Waals surface area (Å²) in [6.45, 7) is 0.977. The highest BCUT2D eigenvalue weighted by Gasteiger charge is 2.33. The largest absolute Gasteiger partial charge is 0.493 e. The molecule has 1 aromatic heterocycles. The normalized spacial score (nSPS) is 12.2. The van der Waals surface area contributed by atoms with E-state index in [1.54, 1.807) is 48.5 Å². The number of benzene rings is 4. The minimum absolute atomic E-state index is 0.0248. The van der Waals surface area contributed by atoms with Crippen LogP contribution in [0.5, 0.6) is 23.0 Å². The second kappa shape index (κ2) is 16.1. The summed E-state index contributed by atoms with van der Waals surface area (Å²) in [4.78, 5) is 57.2. The molecule has 4 N–H and O–H groups in total. The van der Waals surface area contributed by atoms with Crippen molar-refractivity contribution in [1.82, 2.24) is 25.9 Å². The van der Waals surface area contributed by atoms with Crippen LogP contribution in [0, 0.1) is 5.82 Å². The van der Waals surface area contributed by atoms with E-state index < -0.39 is 29.4 Å². The number of aromatic nitrogens is 2. The summed E-state index contributed by atoms with van der Waals surface area (Å²) < 4.78 is 37.4. The number of ketones is 1. The minimum Gasteiger partial charge on any atom is -0.493 e. The maximum Gasteiger partial charge on any atom is 0.315 e. The number of carbonyl (C=O) groups excluding carboxylic acids is 4. The second-order valence-corrected chi connectivity index (χ2v) is 11.5. The van der Waals surface area contributed by atoms with E-state index in [4.69, 9.17) is 30.5 Å². The van der Waals surface area contributed by atoms with Crippen LogP contribution in [0.15, 0.2) is 79.1 Å². The number of carbonyl (C=O) groups is 4. The third kappa shape index (κ3) is 8.17. The molecule has 5 aromatic rings. The SMILES string of the molecule is COc1cc2ncnc(Nc3cccc(Cl)c3F)c2cc1OCCOCCNC(=O)NCc1cccc(Oc2cccc3c2C(=O)NC(=O)C3=O)c1. The number of Topliss-reactive ketones (excluding diaryl/α,β-unsaturated/α-hetero) is 1. The highest BCUT2D eigenvalue weighted by molar-refractivity contribution is 6.49. The lowest BCUT2D eigenvalue weighted by Gasteiger charge is -2.18. The van der Waals surface area contributed by atoms with Crippen LogP contribution in [-0.4, -0.2) is 67.1 Å². The first-order valence-electron chi connectivity index (χ1n) is 15.8. The maximum absolute atomic E-state index is 14.5. The van der Waals surface area contributed by atoms with E-state index in [1.165, 1.54) is 37.7 Å². The van der Waals surface area contributed by atoms with Crippen molar-refractivity contribution < 1.29 is 42.5 Å². The van der Waals surface area contributed by atoms with Crippen LogP contribution in [-0.2, 0) is 16.1 Å². The van der Waals surface area contributed by atoms with Crippen LogP contribution in [0.3, 0.4) is 0 Å². The van der Waals surface area contributed by atoms with Crippen LogP contribution in [0.1, 0.15) is 26.3 Å². The number of ether oxygens (including phenoxy) is 4. The molecular weight excluding hydrogens is 699 g/mol. The Balaban J connectivity index is 0.945. The first-order chi connectivity index (χ1) is 25.2. The van der Waals surface area contributed by atoms with Gasteiger partial charge in [0.25, 0.3) is 17.6 Å². The Morgan fingerprint density at radius 2 is 1.71 bits per heavy atom. The average Bonchev–Trinajstić information content (AvgIpc) is 3.14. The number of rotatable bonds is 14. The molecule has 0 atom stereocenters. The van der Waals surface area contributed by atoms with Crippen LogP contribution in [0.2, 0.25) is 5.02 Å². The fraction of sp³-hybridized carbons (Fsp3) is 0.167. The molecule has 0 radical (unpaired) electrons. The Morgan fingerprint density at radius 1 is 0.885 bits per heavy atom. The Morgan fingerprint density at radius 3 is 2.56 bits per heavy atom. The van der Waals surface area contributed by atoms with E-state index in [1.807, 2.05) is 5.32 Å². The zero-order valence-electron chi connectivity index (χ0n) is 27.5. The third-order valence-electron chi connectivity index (χ3n) is 7.65. The van der Waals surface area contributed by atoms with Gasteiger partial charge in [0, 0.05) is 30.1 Å². The van der Waals surface area contributed by atoms with Gasteiger partial charge in [-0.25, -0.2) is 19.2 Å². The van der Waals surface area contributed by atoms with Gasteiger partial charge in [-0.15, -0.1) is 0 Å². The molecule has 266 valence electrons. The smallest absolute Gasteiger partial charge is 0.315 e. The van der Waals surface area contributed by atoms with Crippen LogP contribution < -0.4 is 35.5 Å². The number of halogens is 2. The van der Waals surface area contributed by atoms with Crippen molar-refractivity contribution in [1.29, 1.82) is 0 Å². The number of amides is 4. The molecule has 1 aliphatic rings. The van der Waals surface area contributed by atoms with E-state index in [0.717, 1.165) is 0 Å². The fourth-order valence-electron chi connectivity index (χ4n) is 5.19. The van der Waals surface area contributed by atoms with Crippen LogP contribution in [0.25, 0.3) is 10.9 Å². The number of imide groups is 1. The van der Waals surface area contributed by atoms with Gasteiger partial charge >= 0.3 is 6.03 Å². The summed E-state index contributed by atoms with van der Waals surface area (Å²) in [5.74, 6) is -1.49. The van der Waals surface area contributed by atoms with E-state index in [-0.39, 0.29) is 60.5 Å². The highest BCUT2D eigenvalue weighted by Crippen LogP contribution is 2.36. The Labute approximate surface area is 300 Å². The second-order valence-electron chi connectivity index (χ2n) is 11.1. The molecule has 4 amide bonds. The molecule has 14 nitrogen and oxygen atoms in total. The molecular formula is C36H30ClFN6O8. The molecule has 2 heterocycles. The number of urea groups is 1. The van der Waals surface area contributed by atoms with Gasteiger partial charge in [-0.2, -0.15) is 0 Å². The predicted octanol–water partition coefficient (Wildman–Crippen LogP) is 5.31. The van der Waals surface area contributed by atoms with E-state index >= 15 is 0 Å². The number of methoxy groups -OCH3 is 1. The Bertz CT molecular complexity index is 2190. The predicted molar refractivity (Wildman–Crippen MR) is 187 cm³/mol. The van der Waals surface area contributed by atoms with Crippen LogP contribution >= 0.6 is 11.6 Å². The lowest BCUT2D eigenvalue weighted by atomic mass is 9.98. The fourth-order valence-corrected chi connectivity index (χ4v) is 5.36. The Kier molecular flexibility index (Phi) is 11.0. The van der Waals surface area contributed by atoms with Crippen molar-refractivity contribution in [2.45, 2.75) is 6.54 Å². The highest BCUT2D eigenvalue weighted by atomic mass is 35.5. The summed E-state index contributed by atoms with van der Waals surface area (Å²) in [6, 6.07) is 18.8. The van der Waals surface area contributed by atoms with Gasteiger partial charge in [0.2, 0.25) is 0 Å². The van der Waals surface area contributed by atoms with Gasteiger partial charge in [-0.3, -0.25) is 19.7 Å². The lowest BCUT2D eigenvalue weighted by molar-refractivity contribution is -0.116. The molecule has 0 bridgehead atoms. The monoisotopic (exact) mass is 728 g/mol. The Hall–Kier alpha value is -6.32. The number of hydrogen-bond donors (Lipinski definition) is 4. The standard InChI is InChI=1S/C36H30ClFN6O8/c1-49-28-17-26-23(33(42-19-41-26)43-25-9-4-8-24(37)31(25)38)16-29(28)51-14-13-50-12-11-39-36(48)40-18-20-5-2-6-21(15-20)52-27-10-3-7-22-30(27)34(46)44-35(47)32(22)45/h2-10,15-17,19H,11-14,18H2,1H3,(H2,39,40,48)(H,41,42,43)(H,44,46,47). The van der Waals surface area contributed by atoms with Crippen molar-refractivity contribution in [3.05, 3.63) is 107 Å². The van der Waals surface area contributed by atoms with Crippen molar-refractivity contribution in [3.8, 4) is 23.0 Å².